The van der Waals surface area contributed by atoms with Gasteiger partial charge < -0.3 is 15.4 Å². The van der Waals surface area contributed by atoms with Crippen molar-refractivity contribution in [2.45, 2.75) is 45.6 Å². The lowest BCUT2D eigenvalue weighted by atomic mass is 10.0. The van der Waals surface area contributed by atoms with Crippen molar-refractivity contribution in [3.63, 3.8) is 0 Å². The highest BCUT2D eigenvalue weighted by atomic mass is 127. The van der Waals surface area contributed by atoms with Crippen molar-refractivity contribution in [1.82, 2.24) is 15.5 Å². The van der Waals surface area contributed by atoms with Crippen LogP contribution in [-0.4, -0.2) is 56.2 Å². The van der Waals surface area contributed by atoms with Gasteiger partial charge in [0.2, 0.25) is 0 Å². The highest BCUT2D eigenvalue weighted by Gasteiger charge is 2.19. The molecule has 0 amide bonds. The van der Waals surface area contributed by atoms with Crippen molar-refractivity contribution >= 4 is 29.9 Å². The van der Waals surface area contributed by atoms with Crippen LogP contribution in [0.3, 0.4) is 0 Å². The molecule has 6 heteroatoms. The monoisotopic (exact) mass is 498 g/mol. The van der Waals surface area contributed by atoms with Crippen LogP contribution in [0.2, 0.25) is 0 Å². The van der Waals surface area contributed by atoms with Crippen molar-refractivity contribution in [2.24, 2.45) is 4.99 Å². The predicted octanol–water partition coefficient (Wildman–Crippen LogP) is 3.38. The largest absolute Gasteiger partial charge is 0.493 e. The molecule has 0 saturated carbocycles. The summed E-state index contributed by atoms with van der Waals surface area (Å²) in [5.41, 5.74) is 3.92. The number of guanidine groups is 1. The third-order valence-electron chi connectivity index (χ3n) is 5.19. The number of rotatable bonds is 7. The number of halogens is 1. The molecule has 0 aliphatic carbocycles. The van der Waals surface area contributed by atoms with E-state index in [2.05, 4.69) is 54.2 Å². The summed E-state index contributed by atoms with van der Waals surface area (Å²) in [5, 5.41) is 7.02. The lowest BCUT2D eigenvalue weighted by molar-refractivity contribution is 0.221. The average Bonchev–Trinajstić information content (AvgIpc) is 3.11. The van der Waals surface area contributed by atoms with Crippen molar-refractivity contribution < 1.29 is 4.74 Å². The molecule has 0 unspecified atom stereocenters. The SMILES string of the molecule is C=C(C)CN1CCC(NC(=NCCc2ccc3c(c2)CCO3)NCC)CC1.I. The van der Waals surface area contributed by atoms with E-state index in [-0.39, 0.29) is 24.0 Å². The summed E-state index contributed by atoms with van der Waals surface area (Å²) in [4.78, 5) is 7.29. The molecule has 0 aromatic heterocycles. The molecule has 1 aromatic carbocycles. The van der Waals surface area contributed by atoms with E-state index < -0.39 is 0 Å². The van der Waals surface area contributed by atoms with Gasteiger partial charge in [-0.25, -0.2) is 0 Å². The van der Waals surface area contributed by atoms with Crippen LogP contribution in [0.25, 0.3) is 0 Å². The second-order valence-corrected chi connectivity index (χ2v) is 7.70. The van der Waals surface area contributed by atoms with Gasteiger partial charge in [-0.05, 0) is 50.3 Å². The first kappa shape index (κ1) is 23.0. The highest BCUT2D eigenvalue weighted by molar-refractivity contribution is 14.0. The fraction of sp³-hybridized carbons (Fsp3) is 0.591. The van der Waals surface area contributed by atoms with Gasteiger partial charge in [-0.1, -0.05) is 24.3 Å². The minimum atomic E-state index is 0. The maximum absolute atomic E-state index is 5.59. The molecule has 2 N–H and O–H groups in total. The molecule has 2 aliphatic heterocycles. The molecule has 3 rings (SSSR count). The van der Waals surface area contributed by atoms with Crippen LogP contribution in [-0.2, 0) is 12.8 Å². The number of hydrogen-bond acceptors (Lipinski definition) is 3. The molecule has 156 valence electrons. The van der Waals surface area contributed by atoms with Crippen LogP contribution < -0.4 is 15.4 Å². The van der Waals surface area contributed by atoms with Crippen molar-refractivity contribution in [2.75, 3.05) is 39.3 Å². The summed E-state index contributed by atoms with van der Waals surface area (Å²) in [6.45, 7) is 14.0. The van der Waals surface area contributed by atoms with Crippen molar-refractivity contribution in [1.29, 1.82) is 0 Å². The second kappa shape index (κ2) is 11.7. The zero-order chi connectivity index (χ0) is 19.1. The third kappa shape index (κ3) is 6.95. The van der Waals surface area contributed by atoms with Gasteiger partial charge in [0.25, 0.3) is 0 Å². The molecular weight excluding hydrogens is 463 g/mol. The Morgan fingerprint density at radius 3 is 2.82 bits per heavy atom. The standard InChI is InChI=1S/C22H34N4O.HI/c1-4-23-22(25-20-8-12-26(13-9-20)16-17(2)3)24-11-7-18-5-6-21-19(15-18)10-14-27-21;/h5-6,15,20H,2,4,7-14,16H2,1,3H3,(H2,23,24,25);1H. The number of benzene rings is 1. The lowest BCUT2D eigenvalue weighted by Crippen LogP contribution is -2.48. The Balaban J connectivity index is 0.00000280. The van der Waals surface area contributed by atoms with E-state index in [4.69, 9.17) is 9.73 Å². The van der Waals surface area contributed by atoms with E-state index >= 15 is 0 Å². The van der Waals surface area contributed by atoms with Crippen molar-refractivity contribution in [3.8, 4) is 5.75 Å². The normalized spacial score (nSPS) is 17.4. The minimum absolute atomic E-state index is 0. The Morgan fingerprint density at radius 1 is 1.32 bits per heavy atom. The summed E-state index contributed by atoms with van der Waals surface area (Å²) in [6, 6.07) is 7.04. The summed E-state index contributed by atoms with van der Waals surface area (Å²) >= 11 is 0. The van der Waals surface area contributed by atoms with Crippen molar-refractivity contribution in [3.05, 3.63) is 41.5 Å². The summed E-state index contributed by atoms with van der Waals surface area (Å²) in [6.07, 6.45) is 4.30. The van der Waals surface area contributed by atoms with Gasteiger partial charge in [-0.3, -0.25) is 9.89 Å². The van der Waals surface area contributed by atoms with Gasteiger partial charge in [-0.2, -0.15) is 0 Å². The third-order valence-corrected chi connectivity index (χ3v) is 5.19. The highest BCUT2D eigenvalue weighted by Crippen LogP contribution is 2.25. The number of likely N-dealkylation sites (tertiary alicyclic amines) is 1. The number of aliphatic imine (C=N–C) groups is 1. The molecule has 1 saturated heterocycles. The van der Waals surface area contributed by atoms with Crippen LogP contribution in [0, 0.1) is 0 Å². The second-order valence-electron chi connectivity index (χ2n) is 7.70. The van der Waals surface area contributed by atoms with Crippen LogP contribution >= 0.6 is 24.0 Å². The van der Waals surface area contributed by atoms with Gasteiger partial charge >= 0.3 is 0 Å². The molecule has 2 heterocycles. The van der Waals surface area contributed by atoms with Gasteiger partial charge in [-0.15, -0.1) is 24.0 Å². The van der Waals surface area contributed by atoms with E-state index in [1.807, 2.05) is 0 Å². The van der Waals surface area contributed by atoms with Crippen LogP contribution in [0.15, 0.2) is 35.3 Å². The number of nitrogens with zero attached hydrogens (tertiary/aromatic N) is 2. The summed E-state index contributed by atoms with van der Waals surface area (Å²) < 4.78 is 5.59. The molecule has 0 radical (unpaired) electrons. The first-order valence-corrected chi connectivity index (χ1v) is 10.3. The Kier molecular flexibility index (Phi) is 9.58. The number of hydrogen-bond donors (Lipinski definition) is 2. The fourth-order valence-electron chi connectivity index (χ4n) is 3.82. The van der Waals surface area contributed by atoms with Gasteiger partial charge in [0.1, 0.15) is 5.75 Å². The number of fused-ring (bicyclic) bond motifs is 1. The number of piperidine rings is 1. The average molecular weight is 498 g/mol. The first-order chi connectivity index (χ1) is 13.1. The zero-order valence-corrected chi connectivity index (χ0v) is 19.6. The fourth-order valence-corrected chi connectivity index (χ4v) is 3.82. The Hall–Kier alpha value is -1.28. The molecule has 28 heavy (non-hydrogen) atoms. The Bertz CT molecular complexity index is 669. The maximum atomic E-state index is 5.59. The van der Waals surface area contributed by atoms with E-state index in [0.29, 0.717) is 6.04 Å². The topological polar surface area (TPSA) is 48.9 Å². The smallest absolute Gasteiger partial charge is 0.191 e. The van der Waals surface area contributed by atoms with Gasteiger partial charge in [0.05, 0.1) is 6.61 Å². The molecule has 0 atom stereocenters. The number of ether oxygens (including phenoxy) is 1. The number of nitrogens with one attached hydrogen (secondary N) is 2. The van der Waals surface area contributed by atoms with Gasteiger partial charge in [0, 0.05) is 45.2 Å². The van der Waals surface area contributed by atoms with E-state index in [0.717, 1.165) is 76.7 Å². The van der Waals surface area contributed by atoms with Crippen LogP contribution in [0.1, 0.15) is 37.8 Å². The molecular formula is C22H35IN4O. The molecule has 0 spiro atoms. The Morgan fingerprint density at radius 2 is 2.11 bits per heavy atom. The van der Waals surface area contributed by atoms with E-state index in [1.165, 1.54) is 16.7 Å². The predicted molar refractivity (Wildman–Crippen MR) is 128 cm³/mol. The zero-order valence-electron chi connectivity index (χ0n) is 17.3. The van der Waals surface area contributed by atoms with Crippen LogP contribution in [0.4, 0.5) is 0 Å². The first-order valence-electron chi connectivity index (χ1n) is 10.3. The van der Waals surface area contributed by atoms with E-state index in [1.54, 1.807) is 0 Å². The van der Waals surface area contributed by atoms with Crippen LogP contribution in [0.5, 0.6) is 5.75 Å². The van der Waals surface area contributed by atoms with E-state index in [9.17, 15) is 0 Å². The molecule has 2 aliphatic rings. The molecule has 1 fully saturated rings. The summed E-state index contributed by atoms with van der Waals surface area (Å²) in [5.74, 6) is 2.00. The summed E-state index contributed by atoms with van der Waals surface area (Å²) in [7, 11) is 0. The molecule has 5 nitrogen and oxygen atoms in total. The minimum Gasteiger partial charge on any atom is -0.493 e. The maximum Gasteiger partial charge on any atom is 0.191 e. The lowest BCUT2D eigenvalue weighted by Gasteiger charge is -2.33. The molecule has 0 bridgehead atoms. The Labute approximate surface area is 187 Å². The quantitative estimate of drug-likeness (QED) is 0.262. The van der Waals surface area contributed by atoms with Gasteiger partial charge in [0.15, 0.2) is 5.96 Å². The molecule has 1 aromatic rings.